The largest absolute Gasteiger partial charge is 0.611 e. The summed E-state index contributed by atoms with van der Waals surface area (Å²) in [6.45, 7) is 4.89. The van der Waals surface area contributed by atoms with Crippen LogP contribution < -0.4 is 0 Å². The fourth-order valence-electron chi connectivity index (χ4n) is 8.57. The van der Waals surface area contributed by atoms with Crippen molar-refractivity contribution in [3.8, 4) is 0 Å². The highest BCUT2D eigenvalue weighted by Crippen LogP contribution is 2.67. The minimum Gasteiger partial charge on any atom is -0.611 e. The maximum absolute atomic E-state index is 13.3. The van der Waals surface area contributed by atoms with Gasteiger partial charge in [0.05, 0.1) is 6.10 Å². The average Bonchev–Trinajstić information content (AvgIpc) is 3.12. The van der Waals surface area contributed by atoms with Crippen LogP contribution in [0.5, 0.6) is 0 Å². The van der Waals surface area contributed by atoms with Crippen LogP contribution in [0.1, 0.15) is 71.6 Å². The number of hydrogen-bond acceptors (Lipinski definition) is 4. The van der Waals surface area contributed by atoms with Gasteiger partial charge in [-0.05, 0) is 103 Å². The quantitative estimate of drug-likeness (QED) is 0.680. The lowest BCUT2D eigenvalue weighted by Crippen LogP contribution is -2.54. The smallest absolute Gasteiger partial charge is 0.185 e. The van der Waals surface area contributed by atoms with Crippen molar-refractivity contribution in [1.29, 1.82) is 0 Å². The van der Waals surface area contributed by atoms with E-state index in [4.69, 9.17) is 0 Å². The van der Waals surface area contributed by atoms with E-state index < -0.39 is 11.2 Å². The van der Waals surface area contributed by atoms with Crippen LogP contribution >= 0.6 is 0 Å². The molecular weight excluding hydrogens is 406 g/mol. The van der Waals surface area contributed by atoms with Crippen LogP contribution in [0.4, 0.5) is 0 Å². The Hall–Kier alpha value is -0.910. The molecule has 4 aliphatic rings. The molecule has 0 aliphatic heterocycles. The summed E-state index contributed by atoms with van der Waals surface area (Å²) in [6, 6.07) is 3.52. The molecule has 4 fully saturated rings. The second-order valence-corrected chi connectivity index (χ2v) is 12.8. The van der Waals surface area contributed by atoms with E-state index in [1.807, 2.05) is 0 Å². The maximum Gasteiger partial charge on any atom is 0.185 e. The Kier molecular flexibility index (Phi) is 5.76. The number of aromatic nitrogens is 1. The van der Waals surface area contributed by atoms with E-state index in [2.05, 4.69) is 18.8 Å². The summed E-state index contributed by atoms with van der Waals surface area (Å²) in [5.74, 6) is 3.17. The molecule has 0 amide bonds. The number of Topliss-reactive ketones (excluding diaryl/α,β-unsaturated/α-hetero) is 1. The summed E-state index contributed by atoms with van der Waals surface area (Å²) >= 11 is -1.28. The highest BCUT2D eigenvalue weighted by Gasteiger charge is 2.61. The lowest BCUT2D eigenvalue weighted by atomic mass is 9.44. The second-order valence-electron chi connectivity index (χ2n) is 11.4. The summed E-state index contributed by atoms with van der Waals surface area (Å²) in [5, 5.41) is 10.2. The minimum atomic E-state index is -1.28. The lowest BCUT2D eigenvalue weighted by Gasteiger charge is -2.60. The van der Waals surface area contributed by atoms with E-state index in [0.29, 0.717) is 22.1 Å². The third kappa shape index (κ3) is 3.59. The molecule has 0 bridgehead atoms. The number of fused-ring (bicyclic) bond motifs is 5. The normalized spacial score (nSPS) is 45.3. The van der Waals surface area contributed by atoms with E-state index >= 15 is 0 Å². The van der Waals surface area contributed by atoms with Crippen molar-refractivity contribution in [3.63, 3.8) is 0 Å². The number of hydrogen-bond donors (Lipinski definition) is 1. The molecule has 4 nitrogen and oxygen atoms in total. The van der Waals surface area contributed by atoms with Gasteiger partial charge in [0.25, 0.3) is 0 Å². The van der Waals surface area contributed by atoms with Gasteiger partial charge < -0.3 is 9.66 Å². The highest BCUT2D eigenvalue weighted by molar-refractivity contribution is 7.92. The number of aliphatic hydroxyl groups excluding tert-OH is 1. The summed E-state index contributed by atoms with van der Waals surface area (Å²) in [4.78, 5) is 18.0. The van der Waals surface area contributed by atoms with Crippen LogP contribution in [0.3, 0.4) is 0 Å². The van der Waals surface area contributed by atoms with Crippen molar-refractivity contribution < 1.29 is 14.5 Å². The van der Waals surface area contributed by atoms with Crippen LogP contribution in [0, 0.1) is 40.4 Å². The number of ketones is 1. The standard InChI is InChI=1S/C26H37NO3S/c1-25-11-7-18(28)15-17(25)3-4-20-21-5-6-23(26(21,2)12-8-22(20)25)24(29)16-31(30)19-9-13-27-14-10-19/h9-10,13-14,17-18,20-23,28H,3-8,11-12,15-16H2,1-2H3/t17-,18-,20+,21+,22+,23-,25+,26+,31?/m1/s1. The van der Waals surface area contributed by atoms with E-state index in [1.54, 1.807) is 24.5 Å². The van der Waals surface area contributed by atoms with Gasteiger partial charge in [0, 0.05) is 30.4 Å². The summed E-state index contributed by atoms with van der Waals surface area (Å²) in [6.07, 6.45) is 13.3. The molecule has 170 valence electrons. The first-order valence-corrected chi connectivity index (χ1v) is 13.6. The summed E-state index contributed by atoms with van der Waals surface area (Å²) in [7, 11) is 0. The van der Waals surface area contributed by atoms with Crippen LogP contribution in [0.25, 0.3) is 0 Å². The van der Waals surface area contributed by atoms with Gasteiger partial charge >= 0.3 is 0 Å². The Morgan fingerprint density at radius 2 is 1.77 bits per heavy atom. The molecule has 31 heavy (non-hydrogen) atoms. The van der Waals surface area contributed by atoms with Crippen molar-refractivity contribution in [2.45, 2.75) is 82.6 Å². The molecule has 1 unspecified atom stereocenters. The Morgan fingerprint density at radius 3 is 2.55 bits per heavy atom. The topological polar surface area (TPSA) is 73.2 Å². The molecule has 4 aliphatic carbocycles. The predicted molar refractivity (Wildman–Crippen MR) is 122 cm³/mol. The second kappa shape index (κ2) is 8.14. The van der Waals surface area contributed by atoms with Gasteiger partial charge in [0.15, 0.2) is 16.4 Å². The third-order valence-corrected chi connectivity index (χ3v) is 11.6. The van der Waals surface area contributed by atoms with Crippen LogP contribution in [-0.2, 0) is 16.0 Å². The molecule has 0 aromatic carbocycles. The van der Waals surface area contributed by atoms with E-state index in [9.17, 15) is 14.5 Å². The Balaban J connectivity index is 1.31. The molecule has 1 aromatic rings. The van der Waals surface area contributed by atoms with Gasteiger partial charge in [0.2, 0.25) is 0 Å². The molecule has 1 heterocycles. The molecule has 1 aromatic heterocycles. The zero-order valence-corrected chi connectivity index (χ0v) is 19.8. The Morgan fingerprint density at radius 1 is 1.06 bits per heavy atom. The number of carbonyl (C=O) groups excluding carboxylic acids is 1. The molecule has 0 radical (unpaired) electrons. The van der Waals surface area contributed by atoms with Gasteiger partial charge in [-0.3, -0.25) is 9.78 Å². The monoisotopic (exact) mass is 443 g/mol. The summed E-state index contributed by atoms with van der Waals surface area (Å²) < 4.78 is 12.8. The number of carbonyl (C=O) groups is 1. The van der Waals surface area contributed by atoms with Crippen LogP contribution in [0.15, 0.2) is 29.4 Å². The molecule has 4 saturated carbocycles. The zero-order valence-electron chi connectivity index (χ0n) is 19.0. The molecule has 0 spiro atoms. The van der Waals surface area contributed by atoms with E-state index in [-0.39, 0.29) is 29.0 Å². The molecule has 9 atom stereocenters. The molecular formula is C26H37NO3S. The molecule has 0 saturated heterocycles. The van der Waals surface area contributed by atoms with Crippen LogP contribution in [0.2, 0.25) is 0 Å². The lowest BCUT2D eigenvalue weighted by molar-refractivity contribution is -0.138. The summed E-state index contributed by atoms with van der Waals surface area (Å²) in [5.41, 5.74) is 0.437. The maximum atomic E-state index is 13.3. The zero-order chi connectivity index (χ0) is 21.8. The number of pyridine rings is 1. The molecule has 5 heteroatoms. The van der Waals surface area contributed by atoms with Crippen molar-refractivity contribution in [3.05, 3.63) is 24.5 Å². The van der Waals surface area contributed by atoms with Crippen molar-refractivity contribution in [2.75, 3.05) is 5.75 Å². The van der Waals surface area contributed by atoms with Gasteiger partial charge in [-0.1, -0.05) is 13.8 Å². The molecule has 1 N–H and O–H groups in total. The average molecular weight is 444 g/mol. The van der Waals surface area contributed by atoms with Crippen molar-refractivity contribution >= 4 is 17.0 Å². The van der Waals surface area contributed by atoms with Gasteiger partial charge in [-0.2, -0.15) is 0 Å². The van der Waals surface area contributed by atoms with Crippen molar-refractivity contribution in [1.82, 2.24) is 4.98 Å². The first-order valence-electron chi connectivity index (χ1n) is 12.3. The Labute approximate surface area is 189 Å². The number of nitrogens with zero attached hydrogens (tertiary/aromatic N) is 1. The van der Waals surface area contributed by atoms with Gasteiger partial charge in [-0.15, -0.1) is 0 Å². The Bertz CT molecular complexity index is 818. The van der Waals surface area contributed by atoms with Gasteiger partial charge in [0.1, 0.15) is 0 Å². The fourth-order valence-corrected chi connectivity index (χ4v) is 9.62. The first kappa shape index (κ1) is 21.9. The third-order valence-electron chi connectivity index (χ3n) is 10.2. The van der Waals surface area contributed by atoms with Crippen LogP contribution in [-0.4, -0.2) is 32.3 Å². The SMILES string of the molecule is C[C@]12CC[C@@H](O)C[C@H]1CC[C@@H]1[C@@H]2CC[C@]2(C)[C@@H](C(=O)C[S+]([O-])c3ccncc3)CC[C@@H]12. The molecule has 5 rings (SSSR count). The predicted octanol–water partition coefficient (Wildman–Crippen LogP) is 4.78. The van der Waals surface area contributed by atoms with Crippen molar-refractivity contribution in [2.24, 2.45) is 40.4 Å². The number of aliphatic hydroxyl groups is 1. The van der Waals surface area contributed by atoms with Gasteiger partial charge in [-0.25, -0.2) is 0 Å². The highest BCUT2D eigenvalue weighted by atomic mass is 32.2. The van der Waals surface area contributed by atoms with E-state index in [0.717, 1.165) is 50.4 Å². The van der Waals surface area contributed by atoms with E-state index in [1.165, 1.54) is 19.3 Å². The minimum absolute atomic E-state index is 0.0583. The number of rotatable bonds is 4. The fraction of sp³-hybridized carbons (Fsp3) is 0.769. The first-order chi connectivity index (χ1) is 14.8.